The summed E-state index contributed by atoms with van der Waals surface area (Å²) in [5.41, 5.74) is 0. The van der Waals surface area contributed by atoms with Crippen LogP contribution in [-0.4, -0.2) is 32.5 Å². The van der Waals surface area contributed by atoms with Crippen molar-refractivity contribution in [2.75, 3.05) is 18.1 Å². The number of hydrogen-bond donors (Lipinski definition) is 1. The molecule has 0 aromatic heterocycles. The molecular weight excluding hydrogens is 246 g/mol. The first-order chi connectivity index (χ1) is 8.57. The van der Waals surface area contributed by atoms with E-state index in [1.807, 2.05) is 0 Å². The van der Waals surface area contributed by atoms with Crippen molar-refractivity contribution in [2.45, 2.75) is 45.1 Å². The number of nitrogens with one attached hydrogen (secondary N) is 1. The van der Waals surface area contributed by atoms with Gasteiger partial charge in [-0.25, -0.2) is 8.42 Å². The summed E-state index contributed by atoms with van der Waals surface area (Å²) in [4.78, 5) is 0. The van der Waals surface area contributed by atoms with Crippen LogP contribution in [0.4, 0.5) is 0 Å². The first-order valence-electron chi connectivity index (χ1n) is 7.51. The second-order valence-corrected chi connectivity index (χ2v) is 9.12. The fraction of sp³-hybridized carbons (Fsp3) is 1.00. The largest absolute Gasteiger partial charge is 0.312 e. The van der Waals surface area contributed by atoms with Crippen molar-refractivity contribution in [1.29, 1.82) is 0 Å². The highest BCUT2D eigenvalue weighted by Crippen LogP contribution is 2.53. The smallest absolute Gasteiger partial charge is 0.151 e. The molecule has 1 N–H and O–H groups in total. The molecule has 4 aliphatic carbocycles. The Labute approximate surface area is 111 Å². The van der Waals surface area contributed by atoms with Gasteiger partial charge in [0.1, 0.15) is 0 Å². The number of hydrogen-bond acceptors (Lipinski definition) is 3. The van der Waals surface area contributed by atoms with E-state index in [2.05, 4.69) is 5.32 Å². The standard InChI is InChI=1S/C14H25NO2S/c1-2-18(16,17)4-3-15-14-12-6-10-5-11(8-12)9-13(14)7-10/h10-15H,2-9H2,1H3. The third-order valence-electron chi connectivity index (χ3n) is 5.46. The molecule has 0 radical (unpaired) electrons. The maximum absolute atomic E-state index is 11.5. The zero-order valence-corrected chi connectivity index (χ0v) is 12.1. The zero-order valence-electron chi connectivity index (χ0n) is 11.3. The van der Waals surface area contributed by atoms with E-state index in [4.69, 9.17) is 0 Å². The van der Waals surface area contributed by atoms with E-state index in [1.54, 1.807) is 6.92 Å². The van der Waals surface area contributed by atoms with Crippen LogP contribution in [0.3, 0.4) is 0 Å². The fourth-order valence-corrected chi connectivity index (χ4v) is 5.50. The number of sulfone groups is 1. The van der Waals surface area contributed by atoms with E-state index in [9.17, 15) is 8.42 Å². The molecule has 3 nitrogen and oxygen atoms in total. The minimum atomic E-state index is -2.81. The topological polar surface area (TPSA) is 46.2 Å². The van der Waals surface area contributed by atoms with Gasteiger partial charge in [0.2, 0.25) is 0 Å². The van der Waals surface area contributed by atoms with Gasteiger partial charge < -0.3 is 5.32 Å². The Morgan fingerprint density at radius 3 is 2.06 bits per heavy atom. The molecule has 4 fully saturated rings. The number of rotatable bonds is 5. The lowest BCUT2D eigenvalue weighted by Gasteiger charge is -2.54. The van der Waals surface area contributed by atoms with Gasteiger partial charge in [-0.3, -0.25) is 0 Å². The minimum Gasteiger partial charge on any atom is -0.312 e. The van der Waals surface area contributed by atoms with Crippen LogP contribution >= 0.6 is 0 Å². The van der Waals surface area contributed by atoms with Crippen LogP contribution in [0.1, 0.15) is 39.0 Å². The van der Waals surface area contributed by atoms with E-state index in [1.165, 1.54) is 32.1 Å². The maximum Gasteiger partial charge on any atom is 0.151 e. The van der Waals surface area contributed by atoms with E-state index in [0.717, 1.165) is 23.7 Å². The SMILES string of the molecule is CCS(=O)(=O)CCNC1C2CC3CC(C2)CC1C3. The monoisotopic (exact) mass is 271 g/mol. The van der Waals surface area contributed by atoms with Crippen molar-refractivity contribution in [2.24, 2.45) is 23.7 Å². The fourth-order valence-electron chi connectivity index (χ4n) is 4.78. The molecule has 0 heterocycles. The molecule has 0 aliphatic heterocycles. The lowest BCUT2D eigenvalue weighted by atomic mass is 9.54. The van der Waals surface area contributed by atoms with Crippen LogP contribution in [0.25, 0.3) is 0 Å². The van der Waals surface area contributed by atoms with Crippen LogP contribution in [0.15, 0.2) is 0 Å². The Morgan fingerprint density at radius 2 is 1.56 bits per heavy atom. The molecule has 0 saturated heterocycles. The molecule has 18 heavy (non-hydrogen) atoms. The van der Waals surface area contributed by atoms with Crippen LogP contribution in [0.5, 0.6) is 0 Å². The highest BCUT2D eigenvalue weighted by atomic mass is 32.2. The summed E-state index contributed by atoms with van der Waals surface area (Å²) in [5, 5.41) is 3.58. The van der Waals surface area contributed by atoms with E-state index in [-0.39, 0.29) is 5.75 Å². The Kier molecular flexibility index (Phi) is 3.43. The second kappa shape index (κ2) is 4.78. The summed E-state index contributed by atoms with van der Waals surface area (Å²) in [6.45, 7) is 2.39. The van der Waals surface area contributed by atoms with Crippen LogP contribution in [0.2, 0.25) is 0 Å². The van der Waals surface area contributed by atoms with Gasteiger partial charge in [-0.05, 0) is 55.8 Å². The summed E-state index contributed by atoms with van der Waals surface area (Å²) in [7, 11) is -2.81. The van der Waals surface area contributed by atoms with Crippen molar-refractivity contribution in [1.82, 2.24) is 5.32 Å². The van der Waals surface area contributed by atoms with Gasteiger partial charge in [-0.2, -0.15) is 0 Å². The Balaban J connectivity index is 1.54. The van der Waals surface area contributed by atoms with Crippen molar-refractivity contribution >= 4 is 9.84 Å². The Morgan fingerprint density at radius 1 is 1.00 bits per heavy atom. The summed E-state index contributed by atoms with van der Waals surface area (Å²) in [6, 6.07) is 0.616. The lowest BCUT2D eigenvalue weighted by molar-refractivity contribution is -0.0129. The van der Waals surface area contributed by atoms with Crippen molar-refractivity contribution in [3.8, 4) is 0 Å². The van der Waals surface area contributed by atoms with Gasteiger partial charge in [0.15, 0.2) is 9.84 Å². The molecule has 4 saturated carbocycles. The van der Waals surface area contributed by atoms with Crippen molar-refractivity contribution in [3.05, 3.63) is 0 Å². The molecule has 4 aliphatic rings. The second-order valence-electron chi connectivity index (χ2n) is 6.65. The maximum atomic E-state index is 11.5. The van der Waals surface area contributed by atoms with Gasteiger partial charge >= 0.3 is 0 Å². The van der Waals surface area contributed by atoms with Gasteiger partial charge in [-0.15, -0.1) is 0 Å². The molecule has 4 heteroatoms. The Bertz CT molecular complexity index is 376. The normalized spacial score (nSPS) is 42.4. The molecule has 0 amide bonds. The first-order valence-corrected chi connectivity index (χ1v) is 9.33. The summed E-state index contributed by atoms with van der Waals surface area (Å²) in [6.07, 6.45) is 7.05. The van der Waals surface area contributed by atoms with E-state index < -0.39 is 9.84 Å². The molecule has 0 aromatic rings. The molecule has 4 rings (SSSR count). The highest BCUT2D eigenvalue weighted by molar-refractivity contribution is 7.91. The van der Waals surface area contributed by atoms with Crippen LogP contribution < -0.4 is 5.32 Å². The predicted octanol–water partition coefficient (Wildman–Crippen LogP) is 1.84. The van der Waals surface area contributed by atoms with Gasteiger partial charge in [0.05, 0.1) is 5.75 Å². The molecule has 104 valence electrons. The van der Waals surface area contributed by atoms with Crippen molar-refractivity contribution < 1.29 is 8.42 Å². The van der Waals surface area contributed by atoms with Gasteiger partial charge in [0, 0.05) is 18.3 Å². The molecule has 0 spiro atoms. The molecule has 4 bridgehead atoms. The molecule has 0 unspecified atom stereocenters. The Hall–Kier alpha value is -0.0900. The molecule has 0 aromatic carbocycles. The average molecular weight is 271 g/mol. The van der Waals surface area contributed by atoms with Crippen LogP contribution in [0, 0.1) is 23.7 Å². The summed E-state index contributed by atoms with van der Waals surface area (Å²) < 4.78 is 23.0. The lowest BCUT2D eigenvalue weighted by Crippen LogP contribution is -2.55. The minimum absolute atomic E-state index is 0.274. The predicted molar refractivity (Wildman–Crippen MR) is 73.2 cm³/mol. The first kappa shape index (κ1) is 12.9. The molecule has 0 atom stereocenters. The molecular formula is C14H25NO2S. The quantitative estimate of drug-likeness (QED) is 0.830. The third kappa shape index (κ3) is 2.46. The van der Waals surface area contributed by atoms with E-state index >= 15 is 0 Å². The van der Waals surface area contributed by atoms with Gasteiger partial charge in [-0.1, -0.05) is 6.92 Å². The summed E-state index contributed by atoms with van der Waals surface area (Å²) in [5.74, 6) is 4.24. The van der Waals surface area contributed by atoms with Crippen molar-refractivity contribution in [3.63, 3.8) is 0 Å². The van der Waals surface area contributed by atoms with E-state index in [0.29, 0.717) is 18.3 Å². The van der Waals surface area contributed by atoms with Crippen LogP contribution in [-0.2, 0) is 9.84 Å². The highest BCUT2D eigenvalue weighted by Gasteiger charge is 2.47. The van der Waals surface area contributed by atoms with Gasteiger partial charge in [0.25, 0.3) is 0 Å². The summed E-state index contributed by atoms with van der Waals surface area (Å²) >= 11 is 0. The zero-order chi connectivity index (χ0) is 12.8. The third-order valence-corrected chi connectivity index (χ3v) is 7.17. The average Bonchev–Trinajstić information content (AvgIpc) is 2.32.